The highest BCUT2D eigenvalue weighted by Crippen LogP contribution is 2.01. The Kier molecular flexibility index (Phi) is 19.4. The molecule has 27 heavy (non-hydrogen) atoms. The Morgan fingerprint density at radius 2 is 1.30 bits per heavy atom. The molecule has 0 saturated carbocycles. The number of carboxylic acid groups (broad SMARTS) is 1. The van der Waals surface area contributed by atoms with Crippen molar-refractivity contribution in [2.24, 2.45) is 0 Å². The van der Waals surface area contributed by atoms with Crippen LogP contribution in [0.5, 0.6) is 0 Å². The first kappa shape index (κ1) is 25.4. The molecule has 154 valence electrons. The van der Waals surface area contributed by atoms with Gasteiger partial charge in [-0.05, 0) is 57.9 Å². The molecule has 4 nitrogen and oxygen atoms in total. The molecule has 0 amide bonds. The molecule has 0 heterocycles. The maximum Gasteiger partial charge on any atom is 0.323 e. The van der Waals surface area contributed by atoms with Gasteiger partial charge in [0.15, 0.2) is 0 Å². The van der Waals surface area contributed by atoms with E-state index in [4.69, 9.17) is 10.2 Å². The average molecular weight is 378 g/mol. The van der Waals surface area contributed by atoms with Crippen molar-refractivity contribution in [1.29, 1.82) is 0 Å². The van der Waals surface area contributed by atoms with E-state index >= 15 is 0 Å². The highest BCUT2D eigenvalue weighted by Gasteiger charge is 2.13. The Balaban J connectivity index is 3.47. The van der Waals surface area contributed by atoms with Crippen molar-refractivity contribution in [3.63, 3.8) is 0 Å². The Bertz CT molecular complexity index is 453. The van der Waals surface area contributed by atoms with Crippen LogP contribution in [0, 0.1) is 0 Å². The molecule has 4 heteroatoms. The predicted octanol–water partition coefficient (Wildman–Crippen LogP) is 5.17. The summed E-state index contributed by atoms with van der Waals surface area (Å²) in [6.07, 6.45) is 28.7. The van der Waals surface area contributed by atoms with Crippen LogP contribution in [0.15, 0.2) is 48.6 Å². The highest BCUT2D eigenvalue weighted by molar-refractivity contribution is 5.73. The van der Waals surface area contributed by atoms with E-state index in [1.165, 1.54) is 25.7 Å². The first-order valence-corrected chi connectivity index (χ1v) is 10.4. The van der Waals surface area contributed by atoms with Crippen molar-refractivity contribution in [2.45, 2.75) is 77.2 Å². The van der Waals surface area contributed by atoms with Gasteiger partial charge >= 0.3 is 5.97 Å². The topological polar surface area (TPSA) is 69.6 Å². The van der Waals surface area contributed by atoms with Crippen LogP contribution >= 0.6 is 0 Å². The van der Waals surface area contributed by atoms with Crippen molar-refractivity contribution in [3.05, 3.63) is 48.6 Å². The Hall–Kier alpha value is -1.65. The normalized spacial score (nSPS) is 13.6. The van der Waals surface area contributed by atoms with Crippen molar-refractivity contribution in [3.8, 4) is 0 Å². The molecule has 0 rings (SSSR count). The standard InChI is InChI=1S/C23H39NO3/c1-2-3-4-5-6-7-8-9-10-11-12-13-14-15-16-17-18-19-20-24-22(21-25)23(26)27/h6-7,9-10,12-13,15-16,22,24-25H,2-5,8,11,14,17-21H2,1H3,(H,26,27)/b7-6-,10-9-,13-12-,16-15-. The van der Waals surface area contributed by atoms with E-state index in [0.29, 0.717) is 6.54 Å². The number of rotatable bonds is 18. The molecule has 3 N–H and O–H groups in total. The first-order chi connectivity index (χ1) is 13.2. The molecule has 0 aliphatic rings. The number of aliphatic carboxylic acids is 1. The van der Waals surface area contributed by atoms with Gasteiger partial charge in [-0.15, -0.1) is 0 Å². The zero-order chi connectivity index (χ0) is 20.0. The van der Waals surface area contributed by atoms with Crippen LogP contribution in [0.1, 0.15) is 71.1 Å². The third-order valence-electron chi connectivity index (χ3n) is 4.13. The maximum atomic E-state index is 10.7. The van der Waals surface area contributed by atoms with Gasteiger partial charge in [-0.2, -0.15) is 0 Å². The second kappa shape index (κ2) is 20.7. The van der Waals surface area contributed by atoms with Gasteiger partial charge in [0.05, 0.1) is 6.61 Å². The van der Waals surface area contributed by atoms with Crippen molar-refractivity contribution < 1.29 is 15.0 Å². The van der Waals surface area contributed by atoms with Gasteiger partial charge in [0.25, 0.3) is 0 Å². The van der Waals surface area contributed by atoms with Crippen LogP contribution < -0.4 is 5.32 Å². The van der Waals surface area contributed by atoms with E-state index in [9.17, 15) is 4.79 Å². The molecule has 0 aliphatic heterocycles. The number of nitrogens with one attached hydrogen (secondary N) is 1. The summed E-state index contributed by atoms with van der Waals surface area (Å²) in [7, 11) is 0. The number of allylic oxidation sites excluding steroid dienone is 8. The fourth-order valence-corrected chi connectivity index (χ4v) is 2.45. The summed E-state index contributed by atoms with van der Waals surface area (Å²) in [6.45, 7) is 2.48. The molecule has 1 unspecified atom stereocenters. The van der Waals surface area contributed by atoms with Gasteiger partial charge in [0.2, 0.25) is 0 Å². The van der Waals surface area contributed by atoms with Gasteiger partial charge in [-0.25, -0.2) is 0 Å². The molecular weight excluding hydrogens is 338 g/mol. The van der Waals surface area contributed by atoms with Gasteiger partial charge < -0.3 is 15.5 Å². The molecule has 1 atom stereocenters. The number of carboxylic acids is 1. The third kappa shape index (κ3) is 18.9. The minimum absolute atomic E-state index is 0.369. The lowest BCUT2D eigenvalue weighted by molar-refractivity contribution is -0.140. The smallest absolute Gasteiger partial charge is 0.323 e. The quantitative estimate of drug-likeness (QED) is 0.228. The monoisotopic (exact) mass is 377 g/mol. The number of hydrogen-bond donors (Lipinski definition) is 3. The van der Waals surface area contributed by atoms with E-state index in [1.54, 1.807) is 0 Å². The molecule has 0 aromatic rings. The lowest BCUT2D eigenvalue weighted by Gasteiger charge is -2.10. The largest absolute Gasteiger partial charge is 0.480 e. The molecule has 0 radical (unpaired) electrons. The fraction of sp³-hybridized carbons (Fsp3) is 0.609. The lowest BCUT2D eigenvalue weighted by atomic mass is 10.2. The van der Waals surface area contributed by atoms with E-state index in [0.717, 1.165) is 38.5 Å². The van der Waals surface area contributed by atoms with Gasteiger partial charge in [0.1, 0.15) is 6.04 Å². The molecule has 0 spiro atoms. The molecular formula is C23H39NO3. The SMILES string of the molecule is CCCCC/C=C\C/C=C\C/C=C\C/C=C\CCCCNC(CO)C(=O)O. The van der Waals surface area contributed by atoms with Crippen molar-refractivity contribution in [2.75, 3.05) is 13.2 Å². The van der Waals surface area contributed by atoms with E-state index in [-0.39, 0.29) is 6.61 Å². The minimum Gasteiger partial charge on any atom is -0.480 e. The zero-order valence-electron chi connectivity index (χ0n) is 17.0. The molecule has 0 aromatic heterocycles. The average Bonchev–Trinajstić information content (AvgIpc) is 2.66. The number of unbranched alkanes of at least 4 members (excludes halogenated alkanes) is 5. The lowest BCUT2D eigenvalue weighted by Crippen LogP contribution is -2.40. The van der Waals surface area contributed by atoms with E-state index in [2.05, 4.69) is 60.8 Å². The molecule has 0 saturated heterocycles. The van der Waals surface area contributed by atoms with Gasteiger partial charge in [-0.1, -0.05) is 68.4 Å². The maximum absolute atomic E-state index is 10.7. The molecule has 0 aromatic carbocycles. The Morgan fingerprint density at radius 1 is 0.815 bits per heavy atom. The third-order valence-corrected chi connectivity index (χ3v) is 4.13. The van der Waals surface area contributed by atoms with Crippen LogP contribution in [0.25, 0.3) is 0 Å². The second-order valence-electron chi connectivity index (χ2n) is 6.61. The predicted molar refractivity (Wildman–Crippen MR) is 115 cm³/mol. The Labute approximate surface area is 165 Å². The first-order valence-electron chi connectivity index (χ1n) is 10.4. The van der Waals surface area contributed by atoms with Gasteiger partial charge in [0, 0.05) is 0 Å². The fourth-order valence-electron chi connectivity index (χ4n) is 2.45. The van der Waals surface area contributed by atoms with Crippen LogP contribution in [0.4, 0.5) is 0 Å². The van der Waals surface area contributed by atoms with E-state index < -0.39 is 12.0 Å². The van der Waals surface area contributed by atoms with Crippen molar-refractivity contribution >= 4 is 5.97 Å². The number of carbonyl (C=O) groups is 1. The summed E-state index contributed by atoms with van der Waals surface area (Å²) in [4.78, 5) is 10.7. The molecule has 0 aliphatic carbocycles. The van der Waals surface area contributed by atoms with Crippen LogP contribution in [-0.4, -0.2) is 35.4 Å². The van der Waals surface area contributed by atoms with Crippen LogP contribution in [0.2, 0.25) is 0 Å². The van der Waals surface area contributed by atoms with Gasteiger partial charge in [-0.3, -0.25) is 4.79 Å². The Morgan fingerprint density at radius 3 is 1.74 bits per heavy atom. The highest BCUT2D eigenvalue weighted by atomic mass is 16.4. The summed E-state index contributed by atoms with van der Waals surface area (Å²) >= 11 is 0. The second-order valence-corrected chi connectivity index (χ2v) is 6.61. The zero-order valence-corrected chi connectivity index (χ0v) is 17.0. The summed E-state index contributed by atoms with van der Waals surface area (Å²) in [5.41, 5.74) is 0. The summed E-state index contributed by atoms with van der Waals surface area (Å²) in [6, 6.07) is -0.846. The van der Waals surface area contributed by atoms with E-state index in [1.807, 2.05) is 0 Å². The molecule has 0 fully saturated rings. The number of hydrogen-bond acceptors (Lipinski definition) is 3. The summed E-state index contributed by atoms with van der Waals surface area (Å²) in [5, 5.41) is 20.5. The van der Waals surface area contributed by atoms with Crippen LogP contribution in [0.3, 0.4) is 0 Å². The summed E-state index contributed by atoms with van der Waals surface area (Å²) in [5.74, 6) is -1.00. The number of aliphatic hydroxyl groups is 1. The van der Waals surface area contributed by atoms with Crippen LogP contribution in [-0.2, 0) is 4.79 Å². The summed E-state index contributed by atoms with van der Waals surface area (Å²) < 4.78 is 0. The number of aliphatic hydroxyl groups excluding tert-OH is 1. The van der Waals surface area contributed by atoms with Crippen molar-refractivity contribution in [1.82, 2.24) is 5.32 Å². The minimum atomic E-state index is -1.00. The molecule has 0 bridgehead atoms.